The number of rotatable bonds is 1. The minimum atomic E-state index is -0.536. The summed E-state index contributed by atoms with van der Waals surface area (Å²) in [5.41, 5.74) is 7.18. The van der Waals surface area contributed by atoms with Crippen LogP contribution in [0.25, 0.3) is 0 Å². The number of para-hydroxylation sites is 1. The van der Waals surface area contributed by atoms with Crippen LogP contribution in [0.1, 0.15) is 17.0 Å². The zero-order chi connectivity index (χ0) is 14.1. The number of fused-ring (bicyclic) bond motifs is 1. The second-order valence-corrected chi connectivity index (χ2v) is 4.48. The van der Waals surface area contributed by atoms with Crippen LogP contribution in [0.4, 0.5) is 4.39 Å². The highest BCUT2D eigenvalue weighted by Gasteiger charge is 2.31. The summed E-state index contributed by atoms with van der Waals surface area (Å²) in [6, 6.07) is 15.6. The largest absolute Gasteiger partial charge is 0.440 e. The molecule has 0 bridgehead atoms. The van der Waals surface area contributed by atoms with E-state index in [9.17, 15) is 9.65 Å². The Bertz CT molecular complexity index is 746. The molecule has 0 saturated heterocycles. The van der Waals surface area contributed by atoms with Crippen LogP contribution in [0.15, 0.2) is 60.0 Å². The van der Waals surface area contributed by atoms with Crippen LogP contribution in [0.5, 0.6) is 5.75 Å². The molecule has 0 fully saturated rings. The molecular weight excluding hydrogens is 255 g/mol. The molecule has 0 unspecified atom stereocenters. The standard InChI is InChI=1S/C16H11FN2O/c17-13-7-3-1-5-10(13)15-11-6-2-4-8-14(11)20-16(19)12(15)9-18/h1-8,15H,19H2/t15-/m0/s1. The van der Waals surface area contributed by atoms with Crippen molar-refractivity contribution in [1.82, 2.24) is 0 Å². The molecule has 2 aromatic rings. The number of hydrogen-bond acceptors (Lipinski definition) is 3. The molecule has 4 heteroatoms. The van der Waals surface area contributed by atoms with E-state index in [1.165, 1.54) is 6.07 Å². The first-order valence-electron chi connectivity index (χ1n) is 6.13. The highest BCUT2D eigenvalue weighted by molar-refractivity contribution is 5.55. The molecule has 3 rings (SSSR count). The van der Waals surface area contributed by atoms with Crippen molar-refractivity contribution in [2.75, 3.05) is 0 Å². The molecule has 0 aliphatic carbocycles. The predicted octanol–water partition coefficient (Wildman–Crippen LogP) is 3.04. The molecule has 1 atom stereocenters. The Morgan fingerprint density at radius 1 is 1.05 bits per heavy atom. The lowest BCUT2D eigenvalue weighted by molar-refractivity contribution is 0.392. The lowest BCUT2D eigenvalue weighted by Gasteiger charge is -2.26. The third kappa shape index (κ3) is 1.81. The number of benzene rings is 2. The molecule has 0 saturated carbocycles. The van der Waals surface area contributed by atoms with Crippen LogP contribution in [0, 0.1) is 17.1 Å². The van der Waals surface area contributed by atoms with E-state index in [1.807, 2.05) is 24.3 Å². The lowest BCUT2D eigenvalue weighted by atomic mass is 9.83. The van der Waals surface area contributed by atoms with Gasteiger partial charge in [0.05, 0.1) is 5.92 Å². The number of nitrogens with two attached hydrogens (primary N) is 1. The molecule has 0 radical (unpaired) electrons. The summed E-state index contributed by atoms with van der Waals surface area (Å²) in [6.07, 6.45) is 0. The number of nitriles is 1. The van der Waals surface area contributed by atoms with E-state index < -0.39 is 5.92 Å². The molecule has 98 valence electrons. The van der Waals surface area contributed by atoms with Crippen molar-refractivity contribution in [2.24, 2.45) is 5.73 Å². The van der Waals surface area contributed by atoms with Crippen molar-refractivity contribution in [3.63, 3.8) is 0 Å². The van der Waals surface area contributed by atoms with Crippen LogP contribution >= 0.6 is 0 Å². The summed E-state index contributed by atoms with van der Waals surface area (Å²) in [7, 11) is 0. The van der Waals surface area contributed by atoms with Crippen molar-refractivity contribution < 1.29 is 9.13 Å². The van der Waals surface area contributed by atoms with Gasteiger partial charge in [0, 0.05) is 11.1 Å². The van der Waals surface area contributed by atoms with Gasteiger partial charge in [0.15, 0.2) is 0 Å². The fraction of sp³-hybridized carbons (Fsp3) is 0.0625. The van der Waals surface area contributed by atoms with Gasteiger partial charge < -0.3 is 10.5 Å². The Labute approximate surface area is 115 Å². The molecule has 2 N–H and O–H groups in total. The summed E-state index contributed by atoms with van der Waals surface area (Å²) in [4.78, 5) is 0. The smallest absolute Gasteiger partial charge is 0.205 e. The molecule has 0 amide bonds. The van der Waals surface area contributed by atoms with Crippen LogP contribution in [0.3, 0.4) is 0 Å². The zero-order valence-electron chi connectivity index (χ0n) is 10.5. The van der Waals surface area contributed by atoms with Crippen LogP contribution in [-0.4, -0.2) is 0 Å². The van der Waals surface area contributed by atoms with Crippen LogP contribution < -0.4 is 10.5 Å². The average molecular weight is 266 g/mol. The van der Waals surface area contributed by atoms with E-state index >= 15 is 0 Å². The minimum Gasteiger partial charge on any atom is -0.440 e. The van der Waals surface area contributed by atoms with Gasteiger partial charge >= 0.3 is 0 Å². The normalized spacial score (nSPS) is 17.1. The third-order valence-electron chi connectivity index (χ3n) is 3.34. The Morgan fingerprint density at radius 2 is 1.70 bits per heavy atom. The molecule has 2 aromatic carbocycles. The topological polar surface area (TPSA) is 59.0 Å². The van der Waals surface area contributed by atoms with Crippen LogP contribution in [-0.2, 0) is 0 Å². The highest BCUT2D eigenvalue weighted by atomic mass is 19.1. The van der Waals surface area contributed by atoms with E-state index in [4.69, 9.17) is 10.5 Å². The number of hydrogen-bond donors (Lipinski definition) is 1. The summed E-state index contributed by atoms with van der Waals surface area (Å²) in [6.45, 7) is 0. The average Bonchev–Trinajstić information content (AvgIpc) is 2.46. The minimum absolute atomic E-state index is 0.0273. The second-order valence-electron chi connectivity index (χ2n) is 4.48. The van der Waals surface area contributed by atoms with E-state index in [0.29, 0.717) is 11.3 Å². The first-order valence-corrected chi connectivity index (χ1v) is 6.13. The molecule has 20 heavy (non-hydrogen) atoms. The Morgan fingerprint density at radius 3 is 2.40 bits per heavy atom. The Hall–Kier alpha value is -2.80. The number of halogens is 1. The molecule has 3 nitrogen and oxygen atoms in total. The van der Waals surface area contributed by atoms with Gasteiger partial charge in [-0.3, -0.25) is 0 Å². The molecule has 0 spiro atoms. The van der Waals surface area contributed by atoms with Crippen LogP contribution in [0.2, 0.25) is 0 Å². The maximum Gasteiger partial charge on any atom is 0.205 e. The second kappa shape index (κ2) is 4.71. The molecule has 1 aliphatic heterocycles. The van der Waals surface area contributed by atoms with Gasteiger partial charge in [-0.05, 0) is 12.1 Å². The zero-order valence-corrected chi connectivity index (χ0v) is 10.5. The molecular formula is C16H11FN2O. The maximum absolute atomic E-state index is 14.1. The van der Waals surface area contributed by atoms with Crippen molar-refractivity contribution in [3.05, 3.63) is 76.9 Å². The van der Waals surface area contributed by atoms with Crippen molar-refractivity contribution in [1.29, 1.82) is 5.26 Å². The van der Waals surface area contributed by atoms with E-state index in [1.54, 1.807) is 24.3 Å². The van der Waals surface area contributed by atoms with Crippen molar-refractivity contribution in [2.45, 2.75) is 5.92 Å². The lowest BCUT2D eigenvalue weighted by Crippen LogP contribution is -2.21. The third-order valence-corrected chi connectivity index (χ3v) is 3.34. The van der Waals surface area contributed by atoms with Gasteiger partial charge in [-0.2, -0.15) is 5.26 Å². The fourth-order valence-corrected chi connectivity index (χ4v) is 2.44. The number of allylic oxidation sites excluding steroid dienone is 1. The number of ether oxygens (including phenoxy) is 1. The quantitative estimate of drug-likeness (QED) is 0.863. The maximum atomic E-state index is 14.1. The first-order chi connectivity index (χ1) is 9.72. The van der Waals surface area contributed by atoms with Gasteiger partial charge in [0.1, 0.15) is 23.2 Å². The first kappa shape index (κ1) is 12.2. The Balaban J connectivity index is 2.27. The van der Waals surface area contributed by atoms with E-state index in [-0.39, 0.29) is 17.3 Å². The summed E-state index contributed by atoms with van der Waals surface area (Å²) in [5, 5.41) is 9.32. The van der Waals surface area contributed by atoms with Gasteiger partial charge in [0.25, 0.3) is 0 Å². The molecule has 1 aliphatic rings. The summed E-state index contributed by atoms with van der Waals surface area (Å²) in [5.74, 6) is -0.322. The van der Waals surface area contributed by atoms with Crippen molar-refractivity contribution in [3.8, 4) is 11.8 Å². The number of nitrogens with zero attached hydrogens (tertiary/aromatic N) is 1. The van der Waals surface area contributed by atoms with Gasteiger partial charge in [0.2, 0.25) is 5.88 Å². The SMILES string of the molecule is N#CC1=C(N)Oc2ccccc2[C@@H]1c1ccccc1F. The fourth-order valence-electron chi connectivity index (χ4n) is 2.44. The van der Waals surface area contributed by atoms with Gasteiger partial charge in [-0.15, -0.1) is 0 Å². The van der Waals surface area contributed by atoms with E-state index in [0.717, 1.165) is 5.56 Å². The highest BCUT2D eigenvalue weighted by Crippen LogP contribution is 2.42. The molecule has 1 heterocycles. The monoisotopic (exact) mass is 266 g/mol. The van der Waals surface area contributed by atoms with E-state index in [2.05, 4.69) is 0 Å². The van der Waals surface area contributed by atoms with Crippen molar-refractivity contribution >= 4 is 0 Å². The van der Waals surface area contributed by atoms with Gasteiger partial charge in [-0.1, -0.05) is 36.4 Å². The predicted molar refractivity (Wildman–Crippen MR) is 72.1 cm³/mol. The van der Waals surface area contributed by atoms with Gasteiger partial charge in [-0.25, -0.2) is 4.39 Å². The summed E-state index contributed by atoms with van der Waals surface area (Å²) < 4.78 is 19.5. The Kier molecular flexibility index (Phi) is 2.88. The molecule has 0 aromatic heterocycles. The summed E-state index contributed by atoms with van der Waals surface area (Å²) >= 11 is 0.